The van der Waals surface area contributed by atoms with Gasteiger partial charge in [0.2, 0.25) is 5.16 Å². The second-order valence-corrected chi connectivity index (χ2v) is 5.06. The van der Waals surface area contributed by atoms with Gasteiger partial charge in [0.25, 0.3) is 0 Å². The lowest BCUT2D eigenvalue weighted by molar-refractivity contribution is -0.138. The Labute approximate surface area is 126 Å². The number of rotatable bonds is 8. The van der Waals surface area contributed by atoms with Crippen LogP contribution in [0, 0.1) is 6.92 Å². The summed E-state index contributed by atoms with van der Waals surface area (Å²) < 4.78 is 0. The van der Waals surface area contributed by atoms with Crippen molar-refractivity contribution >= 4 is 23.7 Å². The predicted molar refractivity (Wildman–Crippen MR) is 78.0 cm³/mol. The van der Waals surface area contributed by atoms with Crippen LogP contribution in [-0.4, -0.2) is 55.7 Å². The van der Waals surface area contributed by atoms with Gasteiger partial charge in [0.1, 0.15) is 11.9 Å². The maximum Gasteiger partial charge on any atom is 0.320 e. The van der Waals surface area contributed by atoms with Crippen molar-refractivity contribution in [3.63, 3.8) is 0 Å². The van der Waals surface area contributed by atoms with Crippen molar-refractivity contribution in [1.82, 2.24) is 15.2 Å². The Bertz CT molecular complexity index is 440. The number of thioether (sulfide) groups is 1. The molecule has 1 aromatic rings. The van der Waals surface area contributed by atoms with Crippen LogP contribution in [0.4, 0.5) is 0 Å². The van der Waals surface area contributed by atoms with Crippen LogP contribution in [-0.2, 0) is 9.59 Å². The molecule has 0 unspecified atom stereocenters. The molecule has 0 amide bonds. The summed E-state index contributed by atoms with van der Waals surface area (Å²) in [6.07, 6.45) is 2.16. The molecule has 120 valence electrons. The maximum atomic E-state index is 10.1. The van der Waals surface area contributed by atoms with E-state index in [2.05, 4.69) is 15.2 Å². The van der Waals surface area contributed by atoms with E-state index in [1.165, 1.54) is 0 Å². The Hall–Kier alpha value is -1.65. The minimum Gasteiger partial charge on any atom is -0.481 e. The van der Waals surface area contributed by atoms with E-state index in [0.29, 0.717) is 23.9 Å². The molecule has 0 aliphatic carbocycles. The number of aromatic nitrogens is 3. The van der Waals surface area contributed by atoms with Gasteiger partial charge in [-0.15, -0.1) is 5.10 Å². The molecular formula is C11H21N5O4S. The summed E-state index contributed by atoms with van der Waals surface area (Å²) in [6, 6.07) is -0.716. The lowest BCUT2D eigenvalue weighted by Crippen LogP contribution is -2.29. The van der Waals surface area contributed by atoms with Crippen molar-refractivity contribution in [2.45, 2.75) is 37.4 Å². The molecular weight excluding hydrogens is 298 g/mol. The van der Waals surface area contributed by atoms with Crippen LogP contribution in [0.2, 0.25) is 0 Å². The minimum absolute atomic E-state index is 0.00269. The van der Waals surface area contributed by atoms with E-state index in [1.54, 1.807) is 6.92 Å². The molecule has 0 spiro atoms. The highest BCUT2D eigenvalue weighted by Gasteiger charge is 2.09. The number of nitrogens with zero attached hydrogens (tertiary/aromatic N) is 2. The highest BCUT2D eigenvalue weighted by atomic mass is 32.2. The number of nitrogens with two attached hydrogens (primary N) is 2. The number of H-pyrrole nitrogens is 1. The lowest BCUT2D eigenvalue weighted by Gasteiger charge is -2.03. The number of unbranched alkanes of at least 4 members (excludes halogenated alkanes) is 1. The summed E-state index contributed by atoms with van der Waals surface area (Å²) in [5.74, 6) is -1.11. The minimum atomic E-state index is -0.933. The Morgan fingerprint density at radius 1 is 1.38 bits per heavy atom. The quantitative estimate of drug-likeness (QED) is 0.322. The first-order chi connectivity index (χ1) is 9.86. The number of aromatic amines is 1. The molecule has 0 saturated carbocycles. The van der Waals surface area contributed by atoms with Gasteiger partial charge < -0.3 is 21.7 Å². The van der Waals surface area contributed by atoms with Crippen LogP contribution in [0.5, 0.6) is 0 Å². The van der Waals surface area contributed by atoms with Crippen LogP contribution in [0.3, 0.4) is 0 Å². The number of hydrogen-bond donors (Lipinski definition) is 5. The lowest BCUT2D eigenvalue weighted by atomic mass is 10.1. The fraction of sp³-hybridized carbons (Fsp3) is 0.636. The predicted octanol–water partition coefficient (Wildman–Crippen LogP) is -0.183. The molecule has 7 N–H and O–H groups in total. The van der Waals surface area contributed by atoms with Gasteiger partial charge in [-0.25, -0.2) is 4.98 Å². The molecule has 0 fully saturated rings. The summed E-state index contributed by atoms with van der Waals surface area (Å²) in [5, 5.41) is 23.5. The molecule has 10 heteroatoms. The van der Waals surface area contributed by atoms with Crippen LogP contribution in [0.15, 0.2) is 5.16 Å². The van der Waals surface area contributed by atoms with Crippen molar-refractivity contribution in [3.8, 4) is 0 Å². The number of aliphatic carboxylic acids is 2. The molecule has 0 aromatic carbocycles. The molecule has 0 saturated heterocycles. The van der Waals surface area contributed by atoms with Crippen molar-refractivity contribution in [3.05, 3.63) is 5.82 Å². The van der Waals surface area contributed by atoms with Crippen molar-refractivity contribution in [1.29, 1.82) is 0 Å². The SMILES string of the molecule is Cc1nc(SCC(=O)O)n[nH]1.NCCCC[C@H](N)C(=O)O. The van der Waals surface area contributed by atoms with Gasteiger partial charge in [0.05, 0.1) is 5.75 Å². The molecule has 9 nitrogen and oxygen atoms in total. The number of hydrogen-bond acceptors (Lipinski definition) is 7. The average Bonchev–Trinajstić information content (AvgIpc) is 2.83. The van der Waals surface area contributed by atoms with Crippen LogP contribution in [0.1, 0.15) is 25.1 Å². The molecule has 0 radical (unpaired) electrons. The van der Waals surface area contributed by atoms with Gasteiger partial charge in [-0.1, -0.05) is 18.2 Å². The Morgan fingerprint density at radius 3 is 2.48 bits per heavy atom. The number of carbonyl (C=O) groups is 2. The highest BCUT2D eigenvalue weighted by molar-refractivity contribution is 7.99. The number of carboxylic acids is 2. The van der Waals surface area contributed by atoms with Crippen molar-refractivity contribution in [2.75, 3.05) is 12.3 Å². The zero-order valence-corrected chi connectivity index (χ0v) is 12.6. The van der Waals surface area contributed by atoms with Gasteiger partial charge >= 0.3 is 11.9 Å². The first-order valence-electron chi connectivity index (χ1n) is 6.28. The standard InChI is InChI=1S/C6H14N2O2.C5H7N3O2S/c7-4-2-1-3-5(8)6(9)10;1-3-6-5(8-7-3)11-2-4(9)10/h5H,1-4,7-8H2,(H,9,10);2H2,1H3,(H,9,10)(H,6,7,8)/t5-;/m0./s1. The third-order valence-corrected chi connectivity index (χ3v) is 3.02. The van der Waals surface area contributed by atoms with E-state index in [-0.39, 0.29) is 5.75 Å². The van der Waals surface area contributed by atoms with E-state index in [4.69, 9.17) is 21.7 Å². The second-order valence-electron chi connectivity index (χ2n) is 4.11. The van der Waals surface area contributed by atoms with Crippen LogP contribution < -0.4 is 11.5 Å². The molecule has 21 heavy (non-hydrogen) atoms. The number of nitrogens with one attached hydrogen (secondary N) is 1. The molecule has 1 heterocycles. The first-order valence-corrected chi connectivity index (χ1v) is 7.27. The average molecular weight is 319 g/mol. The van der Waals surface area contributed by atoms with E-state index in [1.807, 2.05) is 0 Å². The Kier molecular flexibility index (Phi) is 10.2. The molecule has 1 rings (SSSR count). The van der Waals surface area contributed by atoms with Gasteiger partial charge in [-0.2, -0.15) is 0 Å². The number of aryl methyl sites for hydroxylation is 1. The first kappa shape index (κ1) is 19.4. The largest absolute Gasteiger partial charge is 0.481 e. The molecule has 1 aromatic heterocycles. The summed E-state index contributed by atoms with van der Waals surface area (Å²) in [7, 11) is 0. The van der Waals surface area contributed by atoms with Gasteiger partial charge in [-0.3, -0.25) is 14.7 Å². The summed E-state index contributed by atoms with van der Waals surface area (Å²) in [4.78, 5) is 24.1. The van der Waals surface area contributed by atoms with Crippen LogP contribution in [0.25, 0.3) is 0 Å². The molecule has 0 bridgehead atoms. The third kappa shape index (κ3) is 10.8. The van der Waals surface area contributed by atoms with E-state index in [9.17, 15) is 9.59 Å². The number of carboxylic acid groups (broad SMARTS) is 2. The van der Waals surface area contributed by atoms with Crippen molar-refractivity contribution in [2.24, 2.45) is 11.5 Å². The van der Waals surface area contributed by atoms with E-state index in [0.717, 1.165) is 24.6 Å². The molecule has 0 aliphatic rings. The second kappa shape index (κ2) is 11.1. The van der Waals surface area contributed by atoms with Crippen molar-refractivity contribution < 1.29 is 19.8 Å². The maximum absolute atomic E-state index is 10.1. The summed E-state index contributed by atoms with van der Waals surface area (Å²) >= 11 is 1.10. The van der Waals surface area contributed by atoms with E-state index >= 15 is 0 Å². The van der Waals surface area contributed by atoms with Gasteiger partial charge in [-0.05, 0) is 26.3 Å². The Morgan fingerprint density at radius 2 is 2.05 bits per heavy atom. The zero-order valence-electron chi connectivity index (χ0n) is 11.8. The normalized spacial score (nSPS) is 11.4. The molecule has 0 aliphatic heterocycles. The fourth-order valence-corrected chi connectivity index (χ4v) is 1.71. The summed E-state index contributed by atoms with van der Waals surface area (Å²) in [6.45, 7) is 2.37. The smallest absolute Gasteiger partial charge is 0.320 e. The fourth-order valence-electron chi connectivity index (χ4n) is 1.15. The van der Waals surface area contributed by atoms with Gasteiger partial charge in [0, 0.05) is 0 Å². The highest BCUT2D eigenvalue weighted by Crippen LogP contribution is 2.10. The monoisotopic (exact) mass is 319 g/mol. The zero-order chi connectivity index (χ0) is 16.3. The van der Waals surface area contributed by atoms with Crippen LogP contribution >= 0.6 is 11.8 Å². The topological polar surface area (TPSA) is 168 Å². The summed E-state index contributed by atoms with van der Waals surface area (Å²) in [5.41, 5.74) is 10.4. The molecule has 1 atom stereocenters. The van der Waals surface area contributed by atoms with Gasteiger partial charge in [0.15, 0.2) is 0 Å². The third-order valence-electron chi connectivity index (χ3n) is 2.19. The Balaban J connectivity index is 0.000000384. The van der Waals surface area contributed by atoms with E-state index < -0.39 is 18.0 Å².